The minimum absolute atomic E-state index is 0.239. The largest absolute Gasteiger partial charge is 0.353 e. The molecular formula is C20H16N4O. The average molecular weight is 328 g/mol. The summed E-state index contributed by atoms with van der Waals surface area (Å²) >= 11 is 0. The van der Waals surface area contributed by atoms with E-state index in [-0.39, 0.29) is 5.91 Å². The number of carbonyl (C=O) groups excluding carboxylic acids is 1. The van der Waals surface area contributed by atoms with Crippen molar-refractivity contribution < 1.29 is 4.79 Å². The SMILES string of the molecule is Cc1ccc(NC(=O)/C=C/c2cc3c(cn2)[nH]c2ccccc23)nc1. The van der Waals surface area contributed by atoms with Crippen LogP contribution in [0.25, 0.3) is 27.9 Å². The van der Waals surface area contributed by atoms with Crippen molar-refractivity contribution in [3.8, 4) is 0 Å². The van der Waals surface area contributed by atoms with Gasteiger partial charge in [0.2, 0.25) is 5.91 Å². The molecule has 2 N–H and O–H groups in total. The number of para-hydroxylation sites is 1. The van der Waals surface area contributed by atoms with Crippen LogP contribution in [0.4, 0.5) is 5.82 Å². The van der Waals surface area contributed by atoms with E-state index in [2.05, 4.69) is 26.3 Å². The Morgan fingerprint density at radius 3 is 2.76 bits per heavy atom. The molecule has 0 spiro atoms. The van der Waals surface area contributed by atoms with Gasteiger partial charge in [0.25, 0.3) is 0 Å². The number of H-pyrrole nitrogens is 1. The smallest absolute Gasteiger partial charge is 0.249 e. The number of aryl methyl sites for hydroxylation is 1. The van der Waals surface area contributed by atoms with E-state index in [1.54, 1.807) is 24.5 Å². The van der Waals surface area contributed by atoms with E-state index in [1.165, 1.54) is 6.08 Å². The fourth-order valence-electron chi connectivity index (χ4n) is 2.73. The number of pyridine rings is 2. The summed E-state index contributed by atoms with van der Waals surface area (Å²) in [4.78, 5) is 23.9. The topological polar surface area (TPSA) is 70.7 Å². The van der Waals surface area contributed by atoms with Crippen LogP contribution in [0.3, 0.4) is 0 Å². The zero-order chi connectivity index (χ0) is 17.2. The van der Waals surface area contributed by atoms with Gasteiger partial charge < -0.3 is 10.3 Å². The summed E-state index contributed by atoms with van der Waals surface area (Å²) in [6, 6.07) is 13.8. The first kappa shape index (κ1) is 15.1. The fourth-order valence-corrected chi connectivity index (χ4v) is 2.73. The lowest BCUT2D eigenvalue weighted by molar-refractivity contribution is -0.111. The predicted molar refractivity (Wildman–Crippen MR) is 100 cm³/mol. The number of anilines is 1. The Balaban J connectivity index is 1.57. The maximum atomic E-state index is 12.0. The minimum atomic E-state index is -0.239. The van der Waals surface area contributed by atoms with Crippen molar-refractivity contribution >= 4 is 39.6 Å². The zero-order valence-corrected chi connectivity index (χ0v) is 13.7. The number of fused-ring (bicyclic) bond motifs is 3. The predicted octanol–water partition coefficient (Wildman–Crippen LogP) is 4.07. The molecule has 3 heterocycles. The van der Waals surface area contributed by atoms with Gasteiger partial charge in [-0.1, -0.05) is 24.3 Å². The summed E-state index contributed by atoms with van der Waals surface area (Å²) in [7, 11) is 0. The molecule has 0 saturated carbocycles. The van der Waals surface area contributed by atoms with Crippen LogP contribution in [0.1, 0.15) is 11.3 Å². The number of aromatic nitrogens is 3. The lowest BCUT2D eigenvalue weighted by atomic mass is 10.1. The first-order valence-electron chi connectivity index (χ1n) is 7.97. The molecule has 1 aromatic carbocycles. The molecule has 122 valence electrons. The lowest BCUT2D eigenvalue weighted by Gasteiger charge is -2.01. The highest BCUT2D eigenvalue weighted by molar-refractivity contribution is 6.07. The molecule has 0 aliphatic rings. The quantitative estimate of drug-likeness (QED) is 0.557. The molecule has 5 nitrogen and oxygen atoms in total. The molecule has 1 amide bonds. The van der Waals surface area contributed by atoms with Gasteiger partial charge in [0.1, 0.15) is 5.82 Å². The number of hydrogen-bond acceptors (Lipinski definition) is 3. The van der Waals surface area contributed by atoms with Crippen molar-refractivity contribution in [3.05, 3.63) is 72.2 Å². The van der Waals surface area contributed by atoms with Gasteiger partial charge in [0, 0.05) is 28.6 Å². The molecular weight excluding hydrogens is 312 g/mol. The Hall–Kier alpha value is -3.47. The Kier molecular flexibility index (Phi) is 3.74. The second kappa shape index (κ2) is 6.20. The van der Waals surface area contributed by atoms with Crippen molar-refractivity contribution in [2.75, 3.05) is 5.32 Å². The number of rotatable bonds is 3. The first-order valence-corrected chi connectivity index (χ1v) is 7.97. The lowest BCUT2D eigenvalue weighted by Crippen LogP contribution is -2.09. The number of aromatic amines is 1. The van der Waals surface area contributed by atoms with Crippen molar-refractivity contribution in [1.29, 1.82) is 0 Å². The molecule has 0 unspecified atom stereocenters. The highest BCUT2D eigenvalue weighted by Crippen LogP contribution is 2.25. The summed E-state index contributed by atoms with van der Waals surface area (Å²) in [5.74, 6) is 0.289. The van der Waals surface area contributed by atoms with Crippen LogP contribution in [0.5, 0.6) is 0 Å². The maximum Gasteiger partial charge on any atom is 0.249 e. The molecule has 3 aromatic heterocycles. The third-order valence-corrected chi connectivity index (χ3v) is 3.98. The zero-order valence-electron chi connectivity index (χ0n) is 13.7. The Labute approximate surface area is 144 Å². The van der Waals surface area contributed by atoms with Gasteiger partial charge in [0.15, 0.2) is 0 Å². The Morgan fingerprint density at radius 1 is 1.04 bits per heavy atom. The summed E-state index contributed by atoms with van der Waals surface area (Å²) in [6.45, 7) is 1.95. The molecule has 25 heavy (non-hydrogen) atoms. The van der Waals surface area contributed by atoms with E-state index in [9.17, 15) is 4.79 Å². The van der Waals surface area contributed by atoms with Crippen LogP contribution >= 0.6 is 0 Å². The van der Waals surface area contributed by atoms with Crippen LogP contribution in [0, 0.1) is 6.92 Å². The molecule has 0 saturated heterocycles. The number of amides is 1. The normalized spacial score (nSPS) is 11.4. The number of benzene rings is 1. The van der Waals surface area contributed by atoms with Crippen LogP contribution in [-0.4, -0.2) is 20.9 Å². The molecule has 0 aliphatic carbocycles. The summed E-state index contributed by atoms with van der Waals surface area (Å²) in [5, 5.41) is 4.96. The van der Waals surface area contributed by atoms with Gasteiger partial charge in [-0.25, -0.2) is 4.98 Å². The van der Waals surface area contributed by atoms with Crippen LogP contribution in [-0.2, 0) is 4.79 Å². The van der Waals surface area contributed by atoms with E-state index in [4.69, 9.17) is 0 Å². The van der Waals surface area contributed by atoms with Crippen molar-refractivity contribution in [3.63, 3.8) is 0 Å². The average Bonchev–Trinajstić information content (AvgIpc) is 3.00. The number of carbonyl (C=O) groups is 1. The maximum absolute atomic E-state index is 12.0. The highest BCUT2D eigenvalue weighted by Gasteiger charge is 2.05. The van der Waals surface area contributed by atoms with Crippen molar-refractivity contribution in [1.82, 2.24) is 15.0 Å². The molecule has 5 heteroatoms. The second-order valence-corrected chi connectivity index (χ2v) is 5.87. The monoisotopic (exact) mass is 328 g/mol. The van der Waals surface area contributed by atoms with Gasteiger partial charge >= 0.3 is 0 Å². The molecule has 0 radical (unpaired) electrons. The van der Waals surface area contributed by atoms with E-state index >= 15 is 0 Å². The third-order valence-electron chi connectivity index (χ3n) is 3.98. The van der Waals surface area contributed by atoms with Gasteiger partial charge in [-0.2, -0.15) is 0 Å². The summed E-state index contributed by atoms with van der Waals surface area (Å²) in [6.07, 6.45) is 6.66. The first-order chi connectivity index (χ1) is 12.2. The second-order valence-electron chi connectivity index (χ2n) is 5.87. The van der Waals surface area contributed by atoms with E-state index in [0.29, 0.717) is 5.82 Å². The van der Waals surface area contributed by atoms with Crippen LogP contribution in [0.2, 0.25) is 0 Å². The number of hydrogen-bond donors (Lipinski definition) is 2. The molecule has 0 fully saturated rings. The van der Waals surface area contributed by atoms with E-state index in [0.717, 1.165) is 33.1 Å². The van der Waals surface area contributed by atoms with E-state index in [1.807, 2.05) is 37.3 Å². The van der Waals surface area contributed by atoms with Gasteiger partial charge in [-0.3, -0.25) is 9.78 Å². The molecule has 4 aromatic rings. The van der Waals surface area contributed by atoms with Gasteiger partial charge in [0.05, 0.1) is 17.4 Å². The molecule has 0 atom stereocenters. The third kappa shape index (κ3) is 3.12. The number of nitrogens with zero attached hydrogens (tertiary/aromatic N) is 2. The fraction of sp³-hybridized carbons (Fsp3) is 0.0500. The molecule has 4 rings (SSSR count). The standard InChI is InChI=1S/C20H16N4O/c1-13-6-8-19(22-11-13)24-20(25)9-7-14-10-16-15-4-2-3-5-17(15)23-18(16)12-21-14/h2-12,23H,1H3,(H,22,24,25)/b9-7+. The number of nitrogens with one attached hydrogen (secondary N) is 2. The van der Waals surface area contributed by atoms with E-state index < -0.39 is 0 Å². The summed E-state index contributed by atoms with van der Waals surface area (Å²) in [5.41, 5.74) is 3.82. The van der Waals surface area contributed by atoms with Crippen molar-refractivity contribution in [2.24, 2.45) is 0 Å². The Bertz CT molecular complexity index is 1090. The molecule has 0 bridgehead atoms. The highest BCUT2D eigenvalue weighted by atomic mass is 16.1. The van der Waals surface area contributed by atoms with Crippen LogP contribution in [0.15, 0.2) is 60.9 Å². The minimum Gasteiger partial charge on any atom is -0.353 e. The van der Waals surface area contributed by atoms with Crippen LogP contribution < -0.4 is 5.32 Å². The Morgan fingerprint density at radius 2 is 1.92 bits per heavy atom. The van der Waals surface area contributed by atoms with Gasteiger partial charge in [-0.15, -0.1) is 0 Å². The van der Waals surface area contributed by atoms with Crippen molar-refractivity contribution in [2.45, 2.75) is 6.92 Å². The summed E-state index contributed by atoms with van der Waals surface area (Å²) < 4.78 is 0. The van der Waals surface area contributed by atoms with Gasteiger partial charge in [-0.05, 0) is 36.8 Å². The molecule has 0 aliphatic heterocycles.